The van der Waals surface area contributed by atoms with Gasteiger partial charge in [-0.2, -0.15) is 0 Å². The van der Waals surface area contributed by atoms with Crippen molar-refractivity contribution >= 4 is 22.6 Å². The van der Waals surface area contributed by atoms with Crippen LogP contribution in [-0.2, 0) is 5.54 Å². The number of aryl methyl sites for hydroxylation is 1. The lowest BCUT2D eigenvalue weighted by Gasteiger charge is -2.55. The second-order valence-corrected chi connectivity index (χ2v) is 11.0. The molecule has 1 aliphatic carbocycles. The molecule has 5 heterocycles. The molecule has 37 heavy (non-hydrogen) atoms. The third-order valence-corrected chi connectivity index (χ3v) is 8.74. The Bertz CT molecular complexity index is 1500. The van der Waals surface area contributed by atoms with Gasteiger partial charge in [0.05, 0.1) is 17.3 Å². The highest BCUT2D eigenvalue weighted by molar-refractivity contribution is 5.96. The number of benzene rings is 2. The van der Waals surface area contributed by atoms with Crippen LogP contribution >= 0.6 is 0 Å². The molecule has 4 aromatic rings. The van der Waals surface area contributed by atoms with Gasteiger partial charge in [0.2, 0.25) is 0 Å². The predicted octanol–water partition coefficient (Wildman–Crippen LogP) is 4.76. The number of rotatable bonds is 5. The molecule has 2 aromatic heterocycles. The van der Waals surface area contributed by atoms with Crippen molar-refractivity contribution in [3.05, 3.63) is 77.8 Å². The van der Waals surface area contributed by atoms with Crippen LogP contribution < -0.4 is 10.2 Å². The fraction of sp³-hybridized carbons (Fsp3) is 0.367. The number of pyridine rings is 1. The van der Waals surface area contributed by atoms with Crippen molar-refractivity contribution < 1.29 is 9.21 Å². The average molecular weight is 494 g/mol. The Morgan fingerprint density at radius 3 is 2.51 bits per heavy atom. The molecule has 188 valence electrons. The number of oxazole rings is 1. The maximum Gasteiger partial charge on any atom is 0.251 e. The van der Waals surface area contributed by atoms with Crippen molar-refractivity contribution in [1.29, 1.82) is 0 Å². The van der Waals surface area contributed by atoms with Crippen LogP contribution in [0.5, 0.6) is 0 Å². The zero-order valence-corrected chi connectivity index (χ0v) is 21.4. The third-order valence-electron chi connectivity index (χ3n) is 8.74. The summed E-state index contributed by atoms with van der Waals surface area (Å²) in [6, 6.07) is 19.2. The standard InChI is InChI=1S/C30H31N5O2/c1-18-14-30(18,33-29(36)20-7-5-4-6-8-20)25-11-21(27-15-31-19(2)37-27)12-26-24(25)9-10-28(32-26)35-16-22-13-23(17-35)34(22)3/h4-12,15,18,22-23H,13-14,16-17H2,1-3H3,(H,33,36). The highest BCUT2D eigenvalue weighted by Crippen LogP contribution is 2.54. The molecule has 4 unspecified atom stereocenters. The van der Waals surface area contributed by atoms with Crippen molar-refractivity contribution in [2.75, 3.05) is 25.0 Å². The number of amides is 1. The number of piperazine rings is 1. The average Bonchev–Trinajstić information content (AvgIpc) is 3.36. The molecule has 1 amide bonds. The molecule has 2 aromatic carbocycles. The number of hydrogen-bond donors (Lipinski definition) is 1. The van der Waals surface area contributed by atoms with E-state index in [4.69, 9.17) is 9.40 Å². The van der Waals surface area contributed by atoms with E-state index >= 15 is 0 Å². The van der Waals surface area contributed by atoms with E-state index in [1.807, 2.05) is 37.3 Å². The Hall–Kier alpha value is -3.71. The van der Waals surface area contributed by atoms with Crippen molar-refractivity contribution in [2.24, 2.45) is 5.92 Å². The maximum atomic E-state index is 13.3. The van der Waals surface area contributed by atoms with Gasteiger partial charge >= 0.3 is 0 Å². The SMILES string of the molecule is Cc1ncc(-c2cc(C3(NC(=O)c4ccccc4)CC3C)c3ccc(N4CC5CC(C4)N5C)nc3c2)o1. The predicted molar refractivity (Wildman–Crippen MR) is 144 cm³/mol. The van der Waals surface area contributed by atoms with E-state index in [1.165, 1.54) is 6.42 Å². The van der Waals surface area contributed by atoms with Crippen molar-refractivity contribution in [2.45, 2.75) is 44.3 Å². The first-order valence-corrected chi connectivity index (χ1v) is 13.1. The van der Waals surface area contributed by atoms with Gasteiger partial charge in [-0.05, 0) is 67.8 Å². The molecule has 3 aliphatic heterocycles. The van der Waals surface area contributed by atoms with Crippen molar-refractivity contribution in [3.8, 4) is 11.3 Å². The molecule has 7 heteroatoms. The van der Waals surface area contributed by atoms with Gasteiger partial charge in [0, 0.05) is 48.6 Å². The summed E-state index contributed by atoms with van der Waals surface area (Å²) in [6.45, 7) is 6.06. The smallest absolute Gasteiger partial charge is 0.251 e. The lowest BCUT2D eigenvalue weighted by Crippen LogP contribution is -2.67. The number of anilines is 1. The molecule has 4 atom stereocenters. The van der Waals surface area contributed by atoms with Crippen LogP contribution in [0, 0.1) is 12.8 Å². The Kier molecular flexibility index (Phi) is 4.95. The Labute approximate surface area is 216 Å². The van der Waals surface area contributed by atoms with Gasteiger partial charge in [-0.15, -0.1) is 0 Å². The molecule has 8 rings (SSSR count). The van der Waals surface area contributed by atoms with Gasteiger partial charge in [-0.25, -0.2) is 9.97 Å². The molecule has 3 saturated heterocycles. The molecule has 0 radical (unpaired) electrons. The Morgan fingerprint density at radius 2 is 1.86 bits per heavy atom. The van der Waals surface area contributed by atoms with E-state index in [0.29, 0.717) is 35.2 Å². The van der Waals surface area contributed by atoms with Gasteiger partial charge < -0.3 is 14.6 Å². The molecule has 1 N–H and O–H groups in total. The third kappa shape index (κ3) is 3.63. The van der Waals surface area contributed by atoms with Crippen LogP contribution in [-0.4, -0.2) is 53.0 Å². The fourth-order valence-corrected chi connectivity index (χ4v) is 6.30. The summed E-state index contributed by atoms with van der Waals surface area (Å²) in [6.07, 6.45) is 3.92. The first-order valence-electron chi connectivity index (χ1n) is 13.1. The van der Waals surface area contributed by atoms with Gasteiger partial charge in [-0.1, -0.05) is 25.1 Å². The Morgan fingerprint density at radius 1 is 1.11 bits per heavy atom. The van der Waals surface area contributed by atoms with E-state index < -0.39 is 5.54 Å². The molecule has 2 bridgehead atoms. The highest BCUT2D eigenvalue weighted by atomic mass is 16.4. The fourth-order valence-electron chi connectivity index (χ4n) is 6.30. The number of likely N-dealkylation sites (N-methyl/N-ethyl adjacent to an activating group) is 1. The monoisotopic (exact) mass is 493 g/mol. The second-order valence-electron chi connectivity index (χ2n) is 11.0. The summed E-state index contributed by atoms with van der Waals surface area (Å²) in [4.78, 5) is 27.7. The van der Waals surface area contributed by atoms with Gasteiger partial charge in [0.25, 0.3) is 5.91 Å². The summed E-state index contributed by atoms with van der Waals surface area (Å²) in [5.74, 6) is 2.60. The molecule has 4 aliphatic rings. The van der Waals surface area contributed by atoms with Crippen LogP contribution in [0.3, 0.4) is 0 Å². The molecule has 4 fully saturated rings. The molecule has 7 nitrogen and oxygen atoms in total. The first kappa shape index (κ1) is 22.5. The molecule has 1 saturated carbocycles. The molecular weight excluding hydrogens is 462 g/mol. The number of hydrogen-bond acceptors (Lipinski definition) is 6. The van der Waals surface area contributed by atoms with E-state index in [0.717, 1.165) is 47.4 Å². The molecule has 0 spiro atoms. The lowest BCUT2D eigenvalue weighted by molar-refractivity contribution is 0.0261. The zero-order valence-electron chi connectivity index (χ0n) is 21.4. The summed E-state index contributed by atoms with van der Waals surface area (Å²) < 4.78 is 5.92. The van der Waals surface area contributed by atoms with E-state index in [-0.39, 0.29) is 5.91 Å². The second kappa shape index (κ2) is 8.15. The Balaban J connectivity index is 1.32. The number of nitrogens with one attached hydrogen (secondary N) is 1. The van der Waals surface area contributed by atoms with E-state index in [1.54, 1.807) is 6.20 Å². The minimum atomic E-state index is -0.449. The largest absolute Gasteiger partial charge is 0.441 e. The van der Waals surface area contributed by atoms with Gasteiger partial charge in [0.15, 0.2) is 11.7 Å². The van der Waals surface area contributed by atoms with Crippen molar-refractivity contribution in [3.63, 3.8) is 0 Å². The summed E-state index contributed by atoms with van der Waals surface area (Å²) in [7, 11) is 2.22. The van der Waals surface area contributed by atoms with Crippen molar-refractivity contribution in [1.82, 2.24) is 20.2 Å². The summed E-state index contributed by atoms with van der Waals surface area (Å²) in [5.41, 5.74) is 3.16. The first-order chi connectivity index (χ1) is 17.9. The van der Waals surface area contributed by atoms with Gasteiger partial charge in [0.1, 0.15) is 5.82 Å². The number of fused-ring (bicyclic) bond motifs is 3. The van der Waals surface area contributed by atoms with Crippen LogP contribution in [0.2, 0.25) is 0 Å². The highest BCUT2D eigenvalue weighted by Gasteiger charge is 2.54. The van der Waals surface area contributed by atoms with Crippen LogP contribution in [0.1, 0.15) is 41.6 Å². The van der Waals surface area contributed by atoms with Crippen LogP contribution in [0.15, 0.2) is 65.2 Å². The summed E-state index contributed by atoms with van der Waals surface area (Å²) in [5, 5.41) is 4.46. The van der Waals surface area contributed by atoms with Gasteiger partial charge in [-0.3, -0.25) is 9.69 Å². The lowest BCUT2D eigenvalue weighted by atomic mass is 9.88. The van der Waals surface area contributed by atoms with E-state index in [2.05, 4.69) is 58.3 Å². The number of nitrogens with zero attached hydrogens (tertiary/aromatic N) is 4. The minimum Gasteiger partial charge on any atom is -0.441 e. The van der Waals surface area contributed by atoms with Crippen LogP contribution in [0.4, 0.5) is 5.82 Å². The number of carbonyl (C=O) groups is 1. The normalized spacial score (nSPS) is 26.7. The van der Waals surface area contributed by atoms with Crippen LogP contribution in [0.25, 0.3) is 22.2 Å². The number of aromatic nitrogens is 2. The minimum absolute atomic E-state index is 0.0553. The quantitative estimate of drug-likeness (QED) is 0.432. The summed E-state index contributed by atoms with van der Waals surface area (Å²) >= 11 is 0. The topological polar surface area (TPSA) is 74.5 Å². The van der Waals surface area contributed by atoms with E-state index in [9.17, 15) is 4.79 Å². The number of piperidine rings is 1. The zero-order chi connectivity index (χ0) is 25.3. The maximum absolute atomic E-state index is 13.3. The number of carbonyl (C=O) groups excluding carboxylic acids is 1. The molecular formula is C30H31N5O2.